The number of nitrogen functional groups attached to an aromatic ring is 1. The molecule has 27 heavy (non-hydrogen) atoms. The average Bonchev–Trinajstić information content (AvgIpc) is 2.66. The van der Waals surface area contributed by atoms with Gasteiger partial charge in [0.1, 0.15) is 17.4 Å². The molecule has 2 aliphatic heterocycles. The summed E-state index contributed by atoms with van der Waals surface area (Å²) in [6.45, 7) is 2.49. The smallest absolute Gasteiger partial charge is 0.325 e. The van der Waals surface area contributed by atoms with Crippen molar-refractivity contribution in [2.45, 2.75) is 43.7 Å². The Morgan fingerprint density at radius 3 is 2.26 bits per heavy atom. The maximum Gasteiger partial charge on any atom is 0.325 e. The fourth-order valence-electron chi connectivity index (χ4n) is 4.42. The number of likely N-dealkylation sites (tertiary alicyclic amines) is 2. The van der Waals surface area contributed by atoms with Gasteiger partial charge in [0, 0.05) is 13.1 Å². The fraction of sp³-hybridized carbons (Fsp3) is 0.579. The van der Waals surface area contributed by atoms with Crippen molar-refractivity contribution in [2.75, 3.05) is 31.9 Å². The molecule has 3 rings (SSSR count). The molecular formula is C19H27FN4O3. The molecule has 2 aliphatic rings. The first-order chi connectivity index (χ1) is 12.8. The van der Waals surface area contributed by atoms with Gasteiger partial charge in [-0.25, -0.2) is 4.39 Å². The van der Waals surface area contributed by atoms with Crippen LogP contribution in [0.1, 0.15) is 43.7 Å². The van der Waals surface area contributed by atoms with Crippen LogP contribution in [0.4, 0.5) is 10.1 Å². The topological polar surface area (TPSA) is 113 Å². The number of benzene rings is 1. The maximum absolute atomic E-state index is 13.8. The van der Waals surface area contributed by atoms with E-state index in [9.17, 15) is 19.1 Å². The third-order valence-electron chi connectivity index (χ3n) is 5.98. The van der Waals surface area contributed by atoms with Crippen molar-refractivity contribution in [1.82, 2.24) is 9.80 Å². The van der Waals surface area contributed by atoms with E-state index < -0.39 is 23.4 Å². The maximum atomic E-state index is 13.8. The molecule has 0 saturated carbocycles. The molecule has 8 heteroatoms. The normalized spacial score (nSPS) is 22.3. The van der Waals surface area contributed by atoms with Crippen LogP contribution in [0, 0.1) is 5.82 Å². The number of amides is 1. The third kappa shape index (κ3) is 3.77. The van der Waals surface area contributed by atoms with Crippen molar-refractivity contribution in [1.29, 1.82) is 0 Å². The van der Waals surface area contributed by atoms with Crippen LogP contribution >= 0.6 is 0 Å². The number of carboxylic acid groups (broad SMARTS) is 1. The Morgan fingerprint density at radius 2 is 1.74 bits per heavy atom. The van der Waals surface area contributed by atoms with Crippen LogP contribution in [0.25, 0.3) is 0 Å². The minimum Gasteiger partial charge on any atom is -0.480 e. The number of hydrogen-bond donors (Lipinski definition) is 3. The predicted molar refractivity (Wildman–Crippen MR) is 99.3 cm³/mol. The SMILES string of the molecule is NC(=O)C1(N2CCCCC2)CCN([C@H](C(=O)O)c2ccc(N)c(F)c2)CC1. The van der Waals surface area contributed by atoms with E-state index in [0.717, 1.165) is 32.4 Å². The number of rotatable bonds is 5. The second-order valence-electron chi connectivity index (χ2n) is 7.50. The van der Waals surface area contributed by atoms with Gasteiger partial charge in [-0.2, -0.15) is 0 Å². The number of piperidine rings is 2. The first-order valence-corrected chi connectivity index (χ1v) is 9.42. The number of carbonyl (C=O) groups is 2. The molecule has 1 aromatic rings. The quantitative estimate of drug-likeness (QED) is 0.667. The highest BCUT2D eigenvalue weighted by Gasteiger charge is 2.46. The lowest BCUT2D eigenvalue weighted by Crippen LogP contribution is -2.63. The van der Waals surface area contributed by atoms with E-state index in [4.69, 9.17) is 11.5 Å². The lowest BCUT2D eigenvalue weighted by atomic mass is 9.82. The van der Waals surface area contributed by atoms with Gasteiger partial charge >= 0.3 is 5.97 Å². The van der Waals surface area contributed by atoms with Crippen LogP contribution in [-0.2, 0) is 9.59 Å². The van der Waals surface area contributed by atoms with Crippen LogP contribution in [0.15, 0.2) is 18.2 Å². The molecule has 1 amide bonds. The molecular weight excluding hydrogens is 351 g/mol. The number of aliphatic carboxylic acids is 1. The molecule has 148 valence electrons. The number of hydrogen-bond acceptors (Lipinski definition) is 5. The molecule has 5 N–H and O–H groups in total. The van der Waals surface area contributed by atoms with Crippen molar-refractivity contribution < 1.29 is 19.1 Å². The Balaban J connectivity index is 1.79. The standard InChI is InChI=1S/C19H27FN4O3/c20-14-12-13(4-5-15(14)21)16(17(25)26)23-10-6-19(7-11-23,18(22)27)24-8-2-1-3-9-24/h4-5,12,16H,1-3,6-11,21H2,(H2,22,27)(H,25,26)/t16-/m0/s1. The lowest BCUT2D eigenvalue weighted by Gasteiger charge is -2.49. The Bertz CT molecular complexity index is 713. The van der Waals surface area contributed by atoms with Crippen LogP contribution < -0.4 is 11.5 Å². The number of carboxylic acids is 1. The summed E-state index contributed by atoms with van der Waals surface area (Å²) in [5.74, 6) is -2.02. The Hall–Kier alpha value is -2.19. The fourth-order valence-corrected chi connectivity index (χ4v) is 4.42. The van der Waals surface area contributed by atoms with E-state index in [-0.39, 0.29) is 11.6 Å². The molecule has 0 aliphatic carbocycles. The second kappa shape index (κ2) is 7.82. The van der Waals surface area contributed by atoms with Crippen LogP contribution in [0.5, 0.6) is 0 Å². The zero-order valence-corrected chi connectivity index (χ0v) is 15.4. The van der Waals surface area contributed by atoms with Gasteiger partial charge in [-0.15, -0.1) is 0 Å². The minimum atomic E-state index is -1.05. The number of nitrogens with zero attached hydrogens (tertiary/aromatic N) is 2. The summed E-state index contributed by atoms with van der Waals surface area (Å²) in [6.07, 6.45) is 4.19. The number of carbonyl (C=O) groups excluding carboxylic acids is 1. The van der Waals surface area contributed by atoms with Crippen molar-refractivity contribution in [3.05, 3.63) is 29.6 Å². The highest BCUT2D eigenvalue weighted by molar-refractivity contribution is 5.85. The van der Waals surface area contributed by atoms with Crippen molar-refractivity contribution in [3.63, 3.8) is 0 Å². The second-order valence-corrected chi connectivity index (χ2v) is 7.50. The number of nitrogens with two attached hydrogens (primary N) is 2. The molecule has 0 aromatic heterocycles. The van der Waals surface area contributed by atoms with Gasteiger partial charge in [0.15, 0.2) is 0 Å². The van der Waals surface area contributed by atoms with Crippen molar-refractivity contribution >= 4 is 17.6 Å². The van der Waals surface area contributed by atoms with E-state index in [2.05, 4.69) is 4.90 Å². The van der Waals surface area contributed by atoms with Gasteiger partial charge in [0.2, 0.25) is 5.91 Å². The van der Waals surface area contributed by atoms with E-state index in [1.54, 1.807) is 4.90 Å². The first kappa shape index (κ1) is 19.6. The molecule has 0 radical (unpaired) electrons. The summed E-state index contributed by atoms with van der Waals surface area (Å²) in [5.41, 5.74) is 10.9. The van der Waals surface area contributed by atoms with Gasteiger partial charge < -0.3 is 16.6 Å². The molecule has 7 nitrogen and oxygen atoms in total. The number of anilines is 1. The Morgan fingerprint density at radius 1 is 1.11 bits per heavy atom. The van der Waals surface area contributed by atoms with E-state index >= 15 is 0 Å². The molecule has 0 spiro atoms. The monoisotopic (exact) mass is 378 g/mol. The summed E-state index contributed by atoms with van der Waals surface area (Å²) < 4.78 is 13.8. The Kier molecular flexibility index (Phi) is 5.67. The molecule has 0 bridgehead atoms. The van der Waals surface area contributed by atoms with Crippen molar-refractivity contribution in [2.24, 2.45) is 5.73 Å². The van der Waals surface area contributed by atoms with Crippen LogP contribution in [0.3, 0.4) is 0 Å². The van der Waals surface area contributed by atoms with E-state index in [1.165, 1.54) is 18.2 Å². The zero-order chi connectivity index (χ0) is 19.6. The molecule has 2 fully saturated rings. The lowest BCUT2D eigenvalue weighted by molar-refractivity contribution is -0.146. The number of primary amides is 1. The minimum absolute atomic E-state index is 0.0145. The van der Waals surface area contributed by atoms with Gasteiger partial charge in [-0.3, -0.25) is 19.4 Å². The molecule has 1 atom stereocenters. The van der Waals surface area contributed by atoms with Gasteiger partial charge in [-0.05, 0) is 56.5 Å². The zero-order valence-electron chi connectivity index (χ0n) is 15.4. The molecule has 2 saturated heterocycles. The van der Waals surface area contributed by atoms with E-state index in [0.29, 0.717) is 31.5 Å². The summed E-state index contributed by atoms with van der Waals surface area (Å²) >= 11 is 0. The summed E-state index contributed by atoms with van der Waals surface area (Å²) in [5, 5.41) is 9.73. The molecule has 0 unspecified atom stereocenters. The molecule has 1 aromatic carbocycles. The largest absolute Gasteiger partial charge is 0.480 e. The van der Waals surface area contributed by atoms with Gasteiger partial charge in [-0.1, -0.05) is 12.5 Å². The Labute approximate surface area is 158 Å². The average molecular weight is 378 g/mol. The first-order valence-electron chi connectivity index (χ1n) is 9.42. The third-order valence-corrected chi connectivity index (χ3v) is 5.98. The summed E-state index contributed by atoms with van der Waals surface area (Å²) in [6, 6.07) is 3.12. The van der Waals surface area contributed by atoms with Gasteiger partial charge in [0.25, 0.3) is 0 Å². The van der Waals surface area contributed by atoms with Crippen LogP contribution in [0.2, 0.25) is 0 Å². The summed E-state index contributed by atoms with van der Waals surface area (Å²) in [4.78, 5) is 28.2. The predicted octanol–water partition coefficient (Wildman–Crippen LogP) is 1.34. The summed E-state index contributed by atoms with van der Waals surface area (Å²) in [7, 11) is 0. The van der Waals surface area contributed by atoms with Gasteiger partial charge in [0.05, 0.1) is 5.69 Å². The van der Waals surface area contributed by atoms with Crippen molar-refractivity contribution in [3.8, 4) is 0 Å². The molecule has 2 heterocycles. The van der Waals surface area contributed by atoms with E-state index in [1.807, 2.05) is 0 Å². The van der Waals surface area contributed by atoms with Crippen LogP contribution in [-0.4, -0.2) is 58.5 Å². The highest BCUT2D eigenvalue weighted by atomic mass is 19.1. The number of halogens is 1. The highest BCUT2D eigenvalue weighted by Crippen LogP contribution is 2.35.